The number of aryl methyl sites for hydroxylation is 2. The van der Waals surface area contributed by atoms with Gasteiger partial charge >= 0.3 is 0 Å². The van der Waals surface area contributed by atoms with Crippen molar-refractivity contribution in [1.82, 2.24) is 24.7 Å². The van der Waals surface area contributed by atoms with Crippen LogP contribution in [0, 0.1) is 13.8 Å². The normalized spacial score (nSPS) is 14.2. The molecular formula is C18H20N6O2. The highest BCUT2D eigenvalue weighted by Gasteiger charge is 2.20. The lowest BCUT2D eigenvalue weighted by atomic mass is 10.1. The first-order chi connectivity index (χ1) is 12.5. The molecule has 0 aliphatic carbocycles. The summed E-state index contributed by atoms with van der Waals surface area (Å²) in [4.78, 5) is 28.0. The number of nitrogens with zero attached hydrogens (tertiary/aromatic N) is 6. The SMILES string of the molecule is Cc1noc(-c2ccc(N3CCc4nc(C)n(C)c(=O)c4CC3)nc2)n1. The monoisotopic (exact) mass is 352 g/mol. The molecule has 0 radical (unpaired) electrons. The van der Waals surface area contributed by atoms with Crippen LogP contribution in [0.3, 0.4) is 0 Å². The van der Waals surface area contributed by atoms with Crippen LogP contribution in [-0.4, -0.2) is 37.8 Å². The van der Waals surface area contributed by atoms with Gasteiger partial charge in [-0.05, 0) is 32.4 Å². The smallest absolute Gasteiger partial charge is 0.259 e. The van der Waals surface area contributed by atoms with E-state index in [9.17, 15) is 4.79 Å². The molecule has 0 atom stereocenters. The van der Waals surface area contributed by atoms with Crippen LogP contribution in [0.4, 0.5) is 5.82 Å². The molecule has 4 rings (SSSR count). The van der Waals surface area contributed by atoms with E-state index in [-0.39, 0.29) is 5.56 Å². The summed E-state index contributed by atoms with van der Waals surface area (Å²) in [5.41, 5.74) is 2.58. The van der Waals surface area contributed by atoms with Crippen LogP contribution < -0.4 is 10.5 Å². The zero-order valence-electron chi connectivity index (χ0n) is 15.1. The van der Waals surface area contributed by atoms with Gasteiger partial charge < -0.3 is 9.42 Å². The number of rotatable bonds is 2. The summed E-state index contributed by atoms with van der Waals surface area (Å²) < 4.78 is 6.79. The minimum atomic E-state index is 0.0596. The third-order valence-corrected chi connectivity index (χ3v) is 4.79. The predicted molar refractivity (Wildman–Crippen MR) is 96.1 cm³/mol. The lowest BCUT2D eigenvalue weighted by Crippen LogP contribution is -2.28. The maximum atomic E-state index is 12.5. The molecule has 0 unspecified atom stereocenters. The van der Waals surface area contributed by atoms with Crippen molar-refractivity contribution >= 4 is 5.82 Å². The Morgan fingerprint density at radius 2 is 1.92 bits per heavy atom. The minimum Gasteiger partial charge on any atom is -0.356 e. The molecule has 0 N–H and O–H groups in total. The molecule has 0 saturated carbocycles. The molecule has 0 saturated heterocycles. The molecule has 4 heterocycles. The van der Waals surface area contributed by atoms with Gasteiger partial charge in [-0.2, -0.15) is 4.98 Å². The van der Waals surface area contributed by atoms with Gasteiger partial charge in [0.15, 0.2) is 5.82 Å². The molecule has 0 bridgehead atoms. The van der Waals surface area contributed by atoms with Crippen molar-refractivity contribution < 1.29 is 4.52 Å². The second kappa shape index (κ2) is 6.36. The van der Waals surface area contributed by atoms with Crippen molar-refractivity contribution in [2.75, 3.05) is 18.0 Å². The average Bonchev–Trinajstić information content (AvgIpc) is 2.96. The Kier molecular flexibility index (Phi) is 4.02. The second-order valence-electron chi connectivity index (χ2n) is 6.49. The molecule has 0 amide bonds. The molecule has 1 aliphatic rings. The summed E-state index contributed by atoms with van der Waals surface area (Å²) in [5.74, 6) is 2.68. The van der Waals surface area contributed by atoms with Crippen molar-refractivity contribution in [1.29, 1.82) is 0 Å². The number of anilines is 1. The van der Waals surface area contributed by atoms with Crippen LogP contribution in [0.15, 0.2) is 27.6 Å². The Labute approximate surface area is 150 Å². The summed E-state index contributed by atoms with van der Waals surface area (Å²) in [6, 6.07) is 3.87. The fraction of sp³-hybridized carbons (Fsp3) is 0.389. The summed E-state index contributed by atoms with van der Waals surface area (Å²) in [5, 5.41) is 3.80. The molecule has 134 valence electrons. The molecule has 26 heavy (non-hydrogen) atoms. The van der Waals surface area contributed by atoms with Gasteiger partial charge in [0.25, 0.3) is 11.4 Å². The molecular weight excluding hydrogens is 332 g/mol. The van der Waals surface area contributed by atoms with Crippen molar-refractivity contribution in [2.45, 2.75) is 26.7 Å². The highest BCUT2D eigenvalue weighted by atomic mass is 16.5. The molecule has 8 nitrogen and oxygen atoms in total. The van der Waals surface area contributed by atoms with Gasteiger partial charge in [0.1, 0.15) is 11.6 Å². The van der Waals surface area contributed by atoms with E-state index < -0.39 is 0 Å². The fourth-order valence-electron chi connectivity index (χ4n) is 3.21. The molecule has 1 aliphatic heterocycles. The third-order valence-electron chi connectivity index (χ3n) is 4.79. The second-order valence-corrected chi connectivity index (χ2v) is 6.49. The summed E-state index contributed by atoms with van der Waals surface area (Å²) >= 11 is 0. The number of hydrogen-bond donors (Lipinski definition) is 0. The zero-order valence-corrected chi connectivity index (χ0v) is 15.1. The maximum absolute atomic E-state index is 12.5. The molecule has 3 aromatic heterocycles. The van der Waals surface area contributed by atoms with Gasteiger partial charge in [0, 0.05) is 38.3 Å². The molecule has 3 aromatic rings. The fourth-order valence-corrected chi connectivity index (χ4v) is 3.21. The topological polar surface area (TPSA) is 89.9 Å². The Hall–Kier alpha value is -3.03. The van der Waals surface area contributed by atoms with E-state index in [4.69, 9.17) is 4.52 Å². The predicted octanol–water partition coefficient (Wildman–Crippen LogP) is 1.45. The van der Waals surface area contributed by atoms with Gasteiger partial charge in [-0.15, -0.1) is 0 Å². The van der Waals surface area contributed by atoms with Crippen LogP contribution in [0.2, 0.25) is 0 Å². The minimum absolute atomic E-state index is 0.0596. The molecule has 0 aromatic carbocycles. The Balaban J connectivity index is 1.57. The van der Waals surface area contributed by atoms with Gasteiger partial charge in [-0.25, -0.2) is 9.97 Å². The largest absolute Gasteiger partial charge is 0.356 e. The van der Waals surface area contributed by atoms with E-state index in [0.717, 1.165) is 48.0 Å². The number of pyridine rings is 1. The summed E-state index contributed by atoms with van der Waals surface area (Å²) in [6.45, 7) is 5.16. The lowest BCUT2D eigenvalue weighted by Gasteiger charge is -2.21. The van der Waals surface area contributed by atoms with Gasteiger partial charge in [0.05, 0.1) is 11.3 Å². The summed E-state index contributed by atoms with van der Waals surface area (Å²) in [6.07, 6.45) is 3.14. The van der Waals surface area contributed by atoms with Gasteiger partial charge in [-0.1, -0.05) is 5.16 Å². The highest BCUT2D eigenvalue weighted by molar-refractivity contribution is 5.54. The third kappa shape index (κ3) is 2.87. The van der Waals surface area contributed by atoms with Crippen molar-refractivity contribution in [3.63, 3.8) is 0 Å². The first-order valence-electron chi connectivity index (χ1n) is 8.60. The standard InChI is InChI=1S/C18H20N6O2/c1-11-20-17(26-22-11)13-4-5-16(19-10-13)24-8-6-14-15(7-9-24)21-12(2)23(3)18(14)25/h4-5,10H,6-9H2,1-3H3. The van der Waals surface area contributed by atoms with E-state index in [2.05, 4.69) is 25.0 Å². The van der Waals surface area contributed by atoms with E-state index in [1.807, 2.05) is 19.1 Å². The number of aromatic nitrogens is 5. The van der Waals surface area contributed by atoms with E-state index in [1.165, 1.54) is 0 Å². The van der Waals surface area contributed by atoms with E-state index >= 15 is 0 Å². The van der Waals surface area contributed by atoms with E-state index in [0.29, 0.717) is 18.1 Å². The maximum Gasteiger partial charge on any atom is 0.259 e. The van der Waals surface area contributed by atoms with Crippen LogP contribution in [0.1, 0.15) is 22.9 Å². The Morgan fingerprint density at radius 3 is 2.62 bits per heavy atom. The van der Waals surface area contributed by atoms with Crippen LogP contribution in [0.5, 0.6) is 0 Å². The number of hydrogen-bond acceptors (Lipinski definition) is 7. The first kappa shape index (κ1) is 16.4. The Bertz CT molecular complexity index is 1010. The van der Waals surface area contributed by atoms with Crippen LogP contribution in [0.25, 0.3) is 11.5 Å². The quantitative estimate of drug-likeness (QED) is 0.689. The van der Waals surface area contributed by atoms with Crippen LogP contribution >= 0.6 is 0 Å². The van der Waals surface area contributed by atoms with Gasteiger partial charge in [0.2, 0.25) is 0 Å². The molecule has 8 heteroatoms. The lowest BCUT2D eigenvalue weighted by molar-refractivity contribution is 0.425. The number of fused-ring (bicyclic) bond motifs is 1. The van der Waals surface area contributed by atoms with Gasteiger partial charge in [-0.3, -0.25) is 9.36 Å². The zero-order chi connectivity index (χ0) is 18.3. The summed E-state index contributed by atoms with van der Waals surface area (Å²) in [7, 11) is 1.77. The Morgan fingerprint density at radius 1 is 1.12 bits per heavy atom. The van der Waals surface area contributed by atoms with Crippen LogP contribution in [-0.2, 0) is 19.9 Å². The van der Waals surface area contributed by atoms with Crippen molar-refractivity contribution in [3.8, 4) is 11.5 Å². The average molecular weight is 352 g/mol. The van der Waals surface area contributed by atoms with Crippen molar-refractivity contribution in [2.24, 2.45) is 7.05 Å². The first-order valence-corrected chi connectivity index (χ1v) is 8.60. The highest BCUT2D eigenvalue weighted by Crippen LogP contribution is 2.21. The molecule has 0 spiro atoms. The van der Waals surface area contributed by atoms with Crippen molar-refractivity contribution in [3.05, 3.63) is 51.6 Å². The molecule has 0 fully saturated rings. The van der Waals surface area contributed by atoms with E-state index in [1.54, 1.807) is 24.7 Å².